The van der Waals surface area contributed by atoms with Crippen molar-refractivity contribution in [1.82, 2.24) is 15.2 Å². The number of hydrogen-bond donors (Lipinski definition) is 2. The Labute approximate surface area is 144 Å². The van der Waals surface area contributed by atoms with E-state index in [0.29, 0.717) is 12.1 Å². The fourth-order valence-corrected chi connectivity index (χ4v) is 2.32. The van der Waals surface area contributed by atoms with E-state index < -0.39 is 0 Å². The van der Waals surface area contributed by atoms with Gasteiger partial charge in [0.2, 0.25) is 0 Å². The minimum absolute atomic E-state index is 0.0545. The highest BCUT2D eigenvalue weighted by atomic mass is 16.1. The third-order valence-electron chi connectivity index (χ3n) is 3.66. The molecule has 5 heteroatoms. The standard InChI is InChI=1S/C19H26N4O/c1-23(2)14-13-21-18-15-17(10-12-20-18)19(24)22-11-6-9-16-7-4-3-5-8-16/h3-5,7-8,10,12,15H,6,9,11,13-14H2,1-2H3,(H,20,21)(H,22,24). The fraction of sp³-hybridized carbons (Fsp3) is 0.368. The number of carbonyl (C=O) groups excluding carboxylic acids is 1. The monoisotopic (exact) mass is 326 g/mol. The van der Waals surface area contributed by atoms with E-state index in [-0.39, 0.29) is 5.91 Å². The van der Waals surface area contributed by atoms with Gasteiger partial charge in [-0.05, 0) is 44.6 Å². The molecule has 128 valence electrons. The Morgan fingerprint density at radius 3 is 2.67 bits per heavy atom. The molecule has 0 aliphatic heterocycles. The number of benzene rings is 1. The summed E-state index contributed by atoms with van der Waals surface area (Å²) in [6.45, 7) is 2.37. The number of hydrogen-bond acceptors (Lipinski definition) is 4. The van der Waals surface area contributed by atoms with Crippen molar-refractivity contribution in [3.8, 4) is 0 Å². The van der Waals surface area contributed by atoms with E-state index in [1.165, 1.54) is 5.56 Å². The summed E-state index contributed by atoms with van der Waals surface area (Å²) < 4.78 is 0. The average molecular weight is 326 g/mol. The normalized spacial score (nSPS) is 10.6. The molecule has 0 fully saturated rings. The van der Waals surface area contributed by atoms with E-state index in [4.69, 9.17) is 0 Å². The maximum Gasteiger partial charge on any atom is 0.251 e. The van der Waals surface area contributed by atoms with Gasteiger partial charge >= 0.3 is 0 Å². The molecule has 0 saturated carbocycles. The first-order chi connectivity index (χ1) is 11.6. The van der Waals surface area contributed by atoms with Crippen molar-refractivity contribution in [3.05, 3.63) is 59.8 Å². The molecule has 0 bridgehead atoms. The van der Waals surface area contributed by atoms with Crippen LogP contribution < -0.4 is 10.6 Å². The maximum atomic E-state index is 12.2. The lowest BCUT2D eigenvalue weighted by molar-refractivity contribution is 0.0953. The van der Waals surface area contributed by atoms with Gasteiger partial charge < -0.3 is 15.5 Å². The Morgan fingerprint density at radius 1 is 1.12 bits per heavy atom. The number of anilines is 1. The van der Waals surface area contributed by atoms with Crippen LogP contribution in [0.3, 0.4) is 0 Å². The molecule has 0 aliphatic rings. The molecule has 2 rings (SSSR count). The molecule has 0 radical (unpaired) electrons. The zero-order chi connectivity index (χ0) is 17.2. The Balaban J connectivity index is 1.75. The molecule has 0 atom stereocenters. The number of aryl methyl sites for hydroxylation is 1. The quantitative estimate of drug-likeness (QED) is 0.695. The molecule has 0 aliphatic carbocycles. The molecule has 1 amide bonds. The largest absolute Gasteiger partial charge is 0.369 e. The van der Waals surface area contributed by atoms with Crippen LogP contribution in [0.15, 0.2) is 48.7 Å². The van der Waals surface area contributed by atoms with Crippen LogP contribution in [-0.2, 0) is 6.42 Å². The summed E-state index contributed by atoms with van der Waals surface area (Å²) in [6.07, 6.45) is 3.56. The van der Waals surface area contributed by atoms with Crippen molar-refractivity contribution in [3.63, 3.8) is 0 Å². The van der Waals surface area contributed by atoms with Gasteiger partial charge in [0.1, 0.15) is 5.82 Å². The Kier molecular flexibility index (Phi) is 7.23. The van der Waals surface area contributed by atoms with Gasteiger partial charge in [-0.3, -0.25) is 4.79 Å². The van der Waals surface area contributed by atoms with Crippen molar-refractivity contribution in [2.45, 2.75) is 12.8 Å². The maximum absolute atomic E-state index is 12.2. The molecule has 2 aromatic rings. The van der Waals surface area contributed by atoms with Gasteiger partial charge in [-0.25, -0.2) is 4.98 Å². The minimum atomic E-state index is -0.0545. The van der Waals surface area contributed by atoms with Crippen LogP contribution in [0, 0.1) is 0 Å². The number of pyridine rings is 1. The number of nitrogens with one attached hydrogen (secondary N) is 2. The van der Waals surface area contributed by atoms with Crippen LogP contribution in [0.25, 0.3) is 0 Å². The highest BCUT2D eigenvalue weighted by Crippen LogP contribution is 2.07. The summed E-state index contributed by atoms with van der Waals surface area (Å²) in [7, 11) is 4.04. The summed E-state index contributed by atoms with van der Waals surface area (Å²) >= 11 is 0. The second-order valence-corrected chi connectivity index (χ2v) is 6.00. The highest BCUT2D eigenvalue weighted by molar-refractivity contribution is 5.94. The topological polar surface area (TPSA) is 57.3 Å². The zero-order valence-electron chi connectivity index (χ0n) is 14.5. The van der Waals surface area contributed by atoms with Crippen LogP contribution in [0.1, 0.15) is 22.3 Å². The third kappa shape index (κ3) is 6.38. The molecule has 1 aromatic heterocycles. The molecule has 0 unspecified atom stereocenters. The Hall–Kier alpha value is -2.40. The lowest BCUT2D eigenvalue weighted by Crippen LogP contribution is -2.25. The van der Waals surface area contributed by atoms with Crippen molar-refractivity contribution >= 4 is 11.7 Å². The summed E-state index contributed by atoms with van der Waals surface area (Å²) in [5.74, 6) is 0.676. The molecular weight excluding hydrogens is 300 g/mol. The predicted molar refractivity (Wildman–Crippen MR) is 98.4 cm³/mol. The van der Waals surface area contributed by atoms with Crippen LogP contribution in [0.2, 0.25) is 0 Å². The van der Waals surface area contributed by atoms with Gasteiger partial charge in [-0.15, -0.1) is 0 Å². The van der Waals surface area contributed by atoms with E-state index in [9.17, 15) is 4.79 Å². The lowest BCUT2D eigenvalue weighted by Gasteiger charge is -2.11. The number of rotatable bonds is 9. The average Bonchev–Trinajstić information content (AvgIpc) is 2.59. The van der Waals surface area contributed by atoms with Crippen molar-refractivity contribution in [2.75, 3.05) is 39.0 Å². The number of aromatic nitrogens is 1. The number of carbonyl (C=O) groups is 1. The van der Waals surface area contributed by atoms with E-state index >= 15 is 0 Å². The van der Waals surface area contributed by atoms with Gasteiger partial charge in [0.05, 0.1) is 0 Å². The second-order valence-electron chi connectivity index (χ2n) is 6.00. The second kappa shape index (κ2) is 9.67. The fourth-order valence-electron chi connectivity index (χ4n) is 2.32. The number of likely N-dealkylation sites (N-methyl/N-ethyl adjacent to an activating group) is 1. The smallest absolute Gasteiger partial charge is 0.251 e. The number of amides is 1. The molecule has 0 spiro atoms. The summed E-state index contributed by atoms with van der Waals surface area (Å²) in [5.41, 5.74) is 1.93. The first kappa shape index (κ1) is 17.9. The van der Waals surface area contributed by atoms with Gasteiger partial charge in [0.25, 0.3) is 5.91 Å². The van der Waals surface area contributed by atoms with Crippen LogP contribution >= 0.6 is 0 Å². The Bertz CT molecular complexity index is 628. The summed E-state index contributed by atoms with van der Waals surface area (Å²) in [5, 5.41) is 6.20. The summed E-state index contributed by atoms with van der Waals surface area (Å²) in [4.78, 5) is 18.6. The first-order valence-corrected chi connectivity index (χ1v) is 8.32. The van der Waals surface area contributed by atoms with Gasteiger partial charge in [0.15, 0.2) is 0 Å². The number of nitrogens with zero attached hydrogens (tertiary/aromatic N) is 2. The molecule has 1 heterocycles. The van der Waals surface area contributed by atoms with E-state index in [0.717, 1.165) is 31.7 Å². The van der Waals surface area contributed by atoms with Crippen LogP contribution in [-0.4, -0.2) is 49.5 Å². The van der Waals surface area contributed by atoms with Crippen LogP contribution in [0.4, 0.5) is 5.82 Å². The van der Waals surface area contributed by atoms with E-state index in [2.05, 4.69) is 32.7 Å². The minimum Gasteiger partial charge on any atom is -0.369 e. The first-order valence-electron chi connectivity index (χ1n) is 8.32. The SMILES string of the molecule is CN(C)CCNc1cc(C(=O)NCCCc2ccccc2)ccn1. The van der Waals surface area contributed by atoms with Gasteiger partial charge in [-0.1, -0.05) is 30.3 Å². The lowest BCUT2D eigenvalue weighted by atomic mass is 10.1. The summed E-state index contributed by atoms with van der Waals surface area (Å²) in [6, 6.07) is 13.8. The Morgan fingerprint density at radius 2 is 1.92 bits per heavy atom. The molecule has 2 N–H and O–H groups in total. The molecule has 24 heavy (non-hydrogen) atoms. The van der Waals surface area contributed by atoms with Gasteiger partial charge in [0, 0.05) is 31.4 Å². The van der Waals surface area contributed by atoms with E-state index in [1.807, 2.05) is 32.3 Å². The highest BCUT2D eigenvalue weighted by Gasteiger charge is 2.06. The van der Waals surface area contributed by atoms with Gasteiger partial charge in [-0.2, -0.15) is 0 Å². The van der Waals surface area contributed by atoms with Crippen molar-refractivity contribution in [1.29, 1.82) is 0 Å². The molecule has 5 nitrogen and oxygen atoms in total. The van der Waals surface area contributed by atoms with E-state index in [1.54, 1.807) is 18.3 Å². The zero-order valence-corrected chi connectivity index (χ0v) is 14.5. The third-order valence-corrected chi connectivity index (χ3v) is 3.66. The molecule has 0 saturated heterocycles. The van der Waals surface area contributed by atoms with Crippen molar-refractivity contribution in [2.24, 2.45) is 0 Å². The molecular formula is C19H26N4O. The molecule has 1 aromatic carbocycles. The van der Waals surface area contributed by atoms with Crippen molar-refractivity contribution < 1.29 is 4.79 Å². The van der Waals surface area contributed by atoms with Crippen LogP contribution in [0.5, 0.6) is 0 Å². The predicted octanol–water partition coefficient (Wildman–Crippen LogP) is 2.42.